The Morgan fingerprint density at radius 2 is 1.89 bits per heavy atom. The van der Waals surface area contributed by atoms with Crippen LogP contribution in [0.15, 0.2) is 24.5 Å². The van der Waals surface area contributed by atoms with Gasteiger partial charge in [-0.15, -0.1) is 0 Å². The largest absolute Gasteiger partial charge is 0.404 e. The van der Waals surface area contributed by atoms with Crippen LogP contribution in [0.1, 0.15) is 38.8 Å². The highest BCUT2D eigenvalue weighted by Crippen LogP contribution is 2.27. The van der Waals surface area contributed by atoms with E-state index in [0.717, 1.165) is 38.9 Å². The molecule has 0 aliphatic rings. The average molecular weight is 280 g/mol. The lowest BCUT2D eigenvalue weighted by atomic mass is 10.1. The summed E-state index contributed by atoms with van der Waals surface area (Å²) in [4.78, 5) is 0.856. The second-order valence-electron chi connectivity index (χ2n) is 3.27. The van der Waals surface area contributed by atoms with E-state index in [-0.39, 0.29) is 0 Å². The number of fused-ring (bicyclic) bond motifs is 1. The zero-order chi connectivity index (χ0) is 14.8. The number of benzene rings is 1. The van der Waals surface area contributed by atoms with Crippen molar-refractivity contribution in [2.45, 2.75) is 34.6 Å². The molecule has 0 amide bonds. The van der Waals surface area contributed by atoms with Crippen LogP contribution in [0.3, 0.4) is 0 Å². The van der Waals surface area contributed by atoms with Crippen molar-refractivity contribution in [2.75, 3.05) is 0 Å². The van der Waals surface area contributed by atoms with Gasteiger partial charge in [0.25, 0.3) is 0 Å². The van der Waals surface area contributed by atoms with E-state index >= 15 is 0 Å². The van der Waals surface area contributed by atoms with Gasteiger partial charge in [-0.3, -0.25) is 10.2 Å². The van der Waals surface area contributed by atoms with Crippen LogP contribution in [0.4, 0.5) is 0 Å². The van der Waals surface area contributed by atoms with Crippen molar-refractivity contribution < 1.29 is 0 Å². The Bertz CT molecular complexity index is 517. The molecule has 0 spiro atoms. The maximum absolute atomic E-state index is 5.53. The summed E-state index contributed by atoms with van der Waals surface area (Å²) in [6.07, 6.45) is 3.33. The molecule has 0 bridgehead atoms. The summed E-state index contributed by atoms with van der Waals surface area (Å²) in [6.45, 7) is 10.0. The molecule has 106 valence electrons. The Morgan fingerprint density at radius 1 is 1.26 bits per heavy atom. The molecule has 19 heavy (non-hydrogen) atoms. The molecule has 0 aliphatic heterocycles. The normalized spacial score (nSPS) is 10.3. The van der Waals surface area contributed by atoms with Gasteiger partial charge in [-0.25, -0.2) is 0 Å². The lowest BCUT2D eigenvalue weighted by Gasteiger charge is -2.05. The molecule has 2 aromatic rings. The summed E-state index contributed by atoms with van der Waals surface area (Å²) in [5.74, 6) is 0. The molecule has 1 aromatic carbocycles. The van der Waals surface area contributed by atoms with Crippen molar-refractivity contribution in [3.05, 3.63) is 35.7 Å². The summed E-state index contributed by atoms with van der Waals surface area (Å²) in [5.41, 5.74) is 8.66. The number of nitrogens with one attached hydrogen (secondary N) is 1. The van der Waals surface area contributed by atoms with Gasteiger partial charge in [0.15, 0.2) is 0 Å². The first-order valence-electron chi connectivity index (χ1n) is 6.49. The Labute approximate surface area is 119 Å². The Kier molecular flexibility index (Phi) is 8.74. The van der Waals surface area contributed by atoms with E-state index in [2.05, 4.69) is 16.3 Å². The van der Waals surface area contributed by atoms with Gasteiger partial charge >= 0.3 is 0 Å². The van der Waals surface area contributed by atoms with Crippen molar-refractivity contribution >= 4 is 27.8 Å². The zero-order valence-corrected chi connectivity index (χ0v) is 13.1. The quantitative estimate of drug-likeness (QED) is 0.731. The lowest BCUT2D eigenvalue weighted by molar-refractivity contribution is 1.12. The molecule has 5 heteroatoms. The number of aromatic amines is 1. The summed E-state index contributed by atoms with van der Waals surface area (Å²) in [6, 6.07) is 4.05. The lowest BCUT2D eigenvalue weighted by Crippen LogP contribution is -1.91. The number of nitrogens with zero attached hydrogens (tertiary/aromatic N) is 1. The van der Waals surface area contributed by atoms with Crippen molar-refractivity contribution in [3.63, 3.8) is 0 Å². The van der Waals surface area contributed by atoms with Gasteiger partial charge in [0, 0.05) is 16.5 Å². The number of H-pyrrole nitrogens is 1. The number of rotatable bonds is 2. The fourth-order valence-electron chi connectivity index (χ4n) is 1.57. The van der Waals surface area contributed by atoms with Gasteiger partial charge in [0.05, 0.1) is 11.7 Å². The molecule has 0 saturated carbocycles. The van der Waals surface area contributed by atoms with E-state index in [4.69, 9.17) is 10.9 Å². The van der Waals surface area contributed by atoms with E-state index in [9.17, 15) is 0 Å². The van der Waals surface area contributed by atoms with Gasteiger partial charge in [-0.1, -0.05) is 33.8 Å². The molecule has 5 N–H and O–H groups in total. The van der Waals surface area contributed by atoms with Crippen molar-refractivity contribution in [1.82, 2.24) is 10.2 Å². The Hall–Kier alpha value is -1.46. The highest BCUT2D eigenvalue weighted by atomic mass is 32.2. The Morgan fingerprint density at radius 3 is 2.42 bits per heavy atom. The number of hydrogen-bond acceptors (Lipinski definition) is 4. The van der Waals surface area contributed by atoms with Crippen molar-refractivity contribution in [1.29, 1.82) is 0 Å². The monoisotopic (exact) mass is 280 g/mol. The minimum atomic E-state index is 0.856. The minimum Gasteiger partial charge on any atom is -0.404 e. The van der Waals surface area contributed by atoms with Crippen LogP contribution in [-0.2, 0) is 0 Å². The van der Waals surface area contributed by atoms with E-state index < -0.39 is 0 Å². The van der Waals surface area contributed by atoms with Crippen LogP contribution in [0.5, 0.6) is 0 Å². The predicted molar refractivity (Wildman–Crippen MR) is 87.5 cm³/mol. The van der Waals surface area contributed by atoms with Crippen LogP contribution in [0.25, 0.3) is 15.8 Å². The first-order chi connectivity index (χ1) is 9.26. The molecule has 2 rings (SSSR count). The summed E-state index contributed by atoms with van der Waals surface area (Å²) >= 11 is 1.14. The first kappa shape index (κ1) is 17.5. The van der Waals surface area contributed by atoms with E-state index in [1.165, 1.54) is 6.20 Å². The van der Waals surface area contributed by atoms with Crippen LogP contribution < -0.4 is 10.9 Å². The van der Waals surface area contributed by atoms with Crippen molar-refractivity contribution in [3.8, 4) is 0 Å². The maximum Gasteiger partial charge on any atom is 0.0659 e. The fraction of sp³-hybridized carbons (Fsp3) is 0.357. The third-order valence-corrected chi connectivity index (χ3v) is 2.95. The van der Waals surface area contributed by atoms with Gasteiger partial charge in [-0.2, -0.15) is 5.10 Å². The molecule has 0 atom stereocenters. The van der Waals surface area contributed by atoms with Gasteiger partial charge in [0.1, 0.15) is 0 Å². The minimum absolute atomic E-state index is 0.856. The van der Waals surface area contributed by atoms with E-state index in [1.807, 2.05) is 46.9 Å². The van der Waals surface area contributed by atoms with E-state index in [0.29, 0.717) is 0 Å². The highest BCUT2D eigenvalue weighted by molar-refractivity contribution is 8.06. The molecule has 0 aliphatic carbocycles. The third-order valence-electron chi connectivity index (χ3n) is 2.33. The second-order valence-corrected chi connectivity index (χ2v) is 3.95. The highest BCUT2D eigenvalue weighted by Gasteiger charge is 2.05. The average Bonchev–Trinajstić information content (AvgIpc) is 2.94. The number of nitrogens with two attached hydrogens (primary N) is 2. The van der Waals surface area contributed by atoms with E-state index in [1.54, 1.807) is 0 Å². The molecule has 0 saturated heterocycles. The standard InChI is InChI=1S/C10H12N4S.2C2H6/c1-6-2-7(10(4-11)15-12)3-9-8(6)5-13-14-9;2*1-2/h2-5H,11-12H2,1H3,(H,13,14);2*1-2H3/b10-4-;;. The zero-order valence-electron chi connectivity index (χ0n) is 12.3. The molecule has 1 aromatic heterocycles. The predicted octanol–water partition coefficient (Wildman–Crippen LogP) is 3.79. The summed E-state index contributed by atoms with van der Waals surface area (Å²) in [5, 5.41) is 13.6. The molecule has 1 heterocycles. The third kappa shape index (κ3) is 4.29. The summed E-state index contributed by atoms with van der Waals surface area (Å²) in [7, 11) is 0. The van der Waals surface area contributed by atoms with Gasteiger partial charge < -0.3 is 5.73 Å². The number of aryl methyl sites for hydroxylation is 1. The van der Waals surface area contributed by atoms with Gasteiger partial charge in [-0.05, 0) is 36.1 Å². The smallest absolute Gasteiger partial charge is 0.0659 e. The molecular weight excluding hydrogens is 256 g/mol. The SMILES string of the molecule is CC.CC.Cc1cc(/C(=C/N)SN)cc2[nH]ncc12. The van der Waals surface area contributed by atoms with Crippen LogP contribution >= 0.6 is 11.9 Å². The van der Waals surface area contributed by atoms with Crippen LogP contribution in [0.2, 0.25) is 0 Å². The second kappa shape index (κ2) is 9.47. The molecule has 0 fully saturated rings. The van der Waals surface area contributed by atoms with Crippen molar-refractivity contribution in [2.24, 2.45) is 10.9 Å². The number of aromatic nitrogens is 2. The Balaban J connectivity index is 0.000000741. The molecule has 4 nitrogen and oxygen atoms in total. The fourth-order valence-corrected chi connectivity index (χ4v) is 1.91. The topological polar surface area (TPSA) is 80.7 Å². The van der Waals surface area contributed by atoms with Gasteiger partial charge in [0.2, 0.25) is 0 Å². The molecule has 0 unspecified atom stereocenters. The number of hydrogen-bond donors (Lipinski definition) is 3. The van der Waals surface area contributed by atoms with Crippen LogP contribution in [-0.4, -0.2) is 10.2 Å². The first-order valence-corrected chi connectivity index (χ1v) is 7.37. The molecule has 0 radical (unpaired) electrons. The molecular formula is C14H24N4S. The van der Waals surface area contributed by atoms with Crippen LogP contribution in [0, 0.1) is 6.92 Å². The maximum atomic E-state index is 5.53. The summed E-state index contributed by atoms with van der Waals surface area (Å²) < 4.78 is 0.